The van der Waals surface area contributed by atoms with Gasteiger partial charge in [0.05, 0.1) is 12.8 Å². The van der Waals surface area contributed by atoms with Gasteiger partial charge in [-0.15, -0.1) is 0 Å². The van der Waals surface area contributed by atoms with Crippen LogP contribution in [0.2, 0.25) is 0 Å². The van der Waals surface area contributed by atoms with Crippen LogP contribution in [-0.2, 0) is 0 Å². The number of hydrogen-bond donors (Lipinski definition) is 1. The smallest absolute Gasteiger partial charge is 0.274 e. The molecule has 0 spiro atoms. The Morgan fingerprint density at radius 1 is 1.00 bits per heavy atom. The lowest BCUT2D eigenvalue weighted by molar-refractivity contribution is 0.102. The molecule has 0 atom stereocenters. The number of methoxy groups -OCH3 is 1. The number of carbonyl (C=O) groups excluding carboxylic acids is 1. The van der Waals surface area contributed by atoms with Crippen molar-refractivity contribution < 1.29 is 23.0 Å². The molecule has 3 rings (SSSR count). The number of hydrogen-bond acceptors (Lipinski definition) is 4. The molecule has 5 nitrogen and oxygen atoms in total. The largest absolute Gasteiger partial charge is 0.497 e. The van der Waals surface area contributed by atoms with Crippen LogP contribution in [-0.4, -0.2) is 18.0 Å². The van der Waals surface area contributed by atoms with Crippen LogP contribution < -0.4 is 14.8 Å². The lowest BCUT2D eigenvalue weighted by Gasteiger charge is -2.09. The molecular formula is C19H14F2N2O3. The third-order valence-corrected chi connectivity index (χ3v) is 3.40. The van der Waals surface area contributed by atoms with Gasteiger partial charge in [0, 0.05) is 18.2 Å². The van der Waals surface area contributed by atoms with Gasteiger partial charge in [-0.2, -0.15) is 0 Å². The van der Waals surface area contributed by atoms with E-state index in [0.717, 1.165) is 12.1 Å². The summed E-state index contributed by atoms with van der Waals surface area (Å²) < 4.78 is 37.3. The van der Waals surface area contributed by atoms with E-state index in [1.165, 1.54) is 13.2 Å². The number of benzene rings is 2. The van der Waals surface area contributed by atoms with E-state index in [0.29, 0.717) is 17.6 Å². The zero-order valence-electron chi connectivity index (χ0n) is 13.7. The lowest BCUT2D eigenvalue weighted by atomic mass is 10.2. The summed E-state index contributed by atoms with van der Waals surface area (Å²) in [4.78, 5) is 16.3. The van der Waals surface area contributed by atoms with E-state index in [4.69, 9.17) is 9.47 Å². The Balaban J connectivity index is 1.76. The number of aromatic nitrogens is 1. The van der Waals surface area contributed by atoms with Crippen LogP contribution in [0.25, 0.3) is 0 Å². The fourth-order valence-electron chi connectivity index (χ4n) is 2.16. The van der Waals surface area contributed by atoms with Crippen LogP contribution in [0.3, 0.4) is 0 Å². The third kappa shape index (κ3) is 4.13. The monoisotopic (exact) mass is 356 g/mol. The average molecular weight is 356 g/mol. The SMILES string of the molecule is COc1cccc(Oc2cccc(C(=O)Nc3ccc(F)cc3F)n2)c1. The second-order valence-corrected chi connectivity index (χ2v) is 5.22. The van der Waals surface area contributed by atoms with Gasteiger partial charge in [-0.3, -0.25) is 4.79 Å². The standard InChI is InChI=1S/C19H14F2N2O3/c1-25-13-4-2-5-14(11-13)26-18-7-3-6-17(22-18)19(24)23-16-9-8-12(20)10-15(16)21/h2-11H,1H3,(H,23,24). The molecule has 7 heteroatoms. The van der Waals surface area contributed by atoms with Crippen LogP contribution in [0.15, 0.2) is 60.7 Å². The topological polar surface area (TPSA) is 60.5 Å². The Bertz CT molecular complexity index is 948. The van der Waals surface area contributed by atoms with E-state index in [-0.39, 0.29) is 17.3 Å². The Kier molecular flexibility index (Phi) is 5.07. The van der Waals surface area contributed by atoms with Crippen LogP contribution in [0, 0.1) is 11.6 Å². The van der Waals surface area contributed by atoms with Crippen molar-refractivity contribution in [3.05, 3.63) is 78.0 Å². The maximum Gasteiger partial charge on any atom is 0.274 e. The minimum Gasteiger partial charge on any atom is -0.497 e. The first kappa shape index (κ1) is 17.3. The lowest BCUT2D eigenvalue weighted by Crippen LogP contribution is -2.14. The van der Waals surface area contributed by atoms with Crippen molar-refractivity contribution in [3.63, 3.8) is 0 Å². The highest BCUT2D eigenvalue weighted by Crippen LogP contribution is 2.24. The first-order valence-electron chi connectivity index (χ1n) is 7.60. The van der Waals surface area contributed by atoms with Gasteiger partial charge >= 0.3 is 0 Å². The van der Waals surface area contributed by atoms with Crippen molar-refractivity contribution in [2.75, 3.05) is 12.4 Å². The molecule has 26 heavy (non-hydrogen) atoms. The molecule has 1 aromatic heterocycles. The predicted molar refractivity (Wildman–Crippen MR) is 91.6 cm³/mol. The Morgan fingerprint density at radius 3 is 2.54 bits per heavy atom. The fraction of sp³-hybridized carbons (Fsp3) is 0.0526. The molecular weight excluding hydrogens is 342 g/mol. The Labute approximate surface area is 148 Å². The van der Waals surface area contributed by atoms with Gasteiger partial charge in [-0.05, 0) is 30.3 Å². The zero-order chi connectivity index (χ0) is 18.5. The quantitative estimate of drug-likeness (QED) is 0.735. The molecule has 0 saturated heterocycles. The zero-order valence-corrected chi connectivity index (χ0v) is 13.7. The maximum absolute atomic E-state index is 13.7. The van der Waals surface area contributed by atoms with Gasteiger partial charge in [-0.25, -0.2) is 13.8 Å². The summed E-state index contributed by atoms with van der Waals surface area (Å²) in [5.41, 5.74) is -0.119. The predicted octanol–water partition coefficient (Wildman–Crippen LogP) is 4.41. The molecule has 2 aromatic carbocycles. The second-order valence-electron chi connectivity index (χ2n) is 5.22. The summed E-state index contributed by atoms with van der Waals surface area (Å²) >= 11 is 0. The minimum atomic E-state index is -0.873. The highest BCUT2D eigenvalue weighted by atomic mass is 19.1. The van der Waals surface area contributed by atoms with Crippen molar-refractivity contribution in [1.82, 2.24) is 4.98 Å². The van der Waals surface area contributed by atoms with Crippen LogP contribution in [0.4, 0.5) is 14.5 Å². The highest BCUT2D eigenvalue weighted by Gasteiger charge is 2.12. The third-order valence-electron chi connectivity index (χ3n) is 3.40. The van der Waals surface area contributed by atoms with E-state index < -0.39 is 17.5 Å². The first-order chi connectivity index (χ1) is 12.5. The number of nitrogens with one attached hydrogen (secondary N) is 1. The highest BCUT2D eigenvalue weighted by molar-refractivity contribution is 6.03. The second kappa shape index (κ2) is 7.60. The molecule has 132 valence electrons. The van der Waals surface area contributed by atoms with Gasteiger partial charge in [0.1, 0.15) is 28.8 Å². The van der Waals surface area contributed by atoms with E-state index in [1.807, 2.05) is 0 Å². The van der Waals surface area contributed by atoms with Gasteiger partial charge in [0.25, 0.3) is 5.91 Å². The molecule has 0 saturated carbocycles. The van der Waals surface area contributed by atoms with Gasteiger partial charge in [0.2, 0.25) is 5.88 Å². The van der Waals surface area contributed by atoms with E-state index in [2.05, 4.69) is 10.3 Å². The van der Waals surface area contributed by atoms with Crippen molar-refractivity contribution in [2.24, 2.45) is 0 Å². The van der Waals surface area contributed by atoms with Crippen molar-refractivity contribution in [2.45, 2.75) is 0 Å². The molecule has 0 aliphatic carbocycles. The summed E-state index contributed by atoms with van der Waals surface area (Å²) in [6.07, 6.45) is 0. The summed E-state index contributed by atoms with van der Waals surface area (Å²) in [5.74, 6) is -0.964. The Morgan fingerprint density at radius 2 is 1.77 bits per heavy atom. The number of nitrogens with zero attached hydrogens (tertiary/aromatic N) is 1. The van der Waals surface area contributed by atoms with Crippen LogP contribution in [0.1, 0.15) is 10.5 Å². The molecule has 0 unspecified atom stereocenters. The van der Waals surface area contributed by atoms with E-state index in [1.54, 1.807) is 36.4 Å². The minimum absolute atomic E-state index is 0.0223. The average Bonchev–Trinajstić information content (AvgIpc) is 2.64. The summed E-state index contributed by atoms with van der Waals surface area (Å²) in [6.45, 7) is 0. The summed E-state index contributed by atoms with van der Waals surface area (Å²) in [5, 5.41) is 2.34. The number of pyridine rings is 1. The Hall–Kier alpha value is -3.48. The summed E-state index contributed by atoms with van der Waals surface area (Å²) in [7, 11) is 1.54. The molecule has 0 bridgehead atoms. The molecule has 0 aliphatic rings. The van der Waals surface area contributed by atoms with Crippen LogP contribution >= 0.6 is 0 Å². The first-order valence-corrected chi connectivity index (χ1v) is 7.60. The number of anilines is 1. The molecule has 0 fully saturated rings. The number of rotatable bonds is 5. The normalized spacial score (nSPS) is 10.3. The van der Waals surface area contributed by atoms with Crippen molar-refractivity contribution in [1.29, 1.82) is 0 Å². The fourth-order valence-corrected chi connectivity index (χ4v) is 2.16. The molecule has 1 N–H and O–H groups in total. The summed E-state index contributed by atoms with van der Waals surface area (Å²) in [6, 6.07) is 14.4. The molecule has 1 amide bonds. The number of carbonyl (C=O) groups is 1. The number of ether oxygens (including phenoxy) is 2. The molecule has 0 aliphatic heterocycles. The van der Waals surface area contributed by atoms with E-state index in [9.17, 15) is 13.6 Å². The molecule has 3 aromatic rings. The maximum atomic E-state index is 13.7. The molecule has 1 heterocycles. The van der Waals surface area contributed by atoms with Crippen molar-refractivity contribution >= 4 is 11.6 Å². The van der Waals surface area contributed by atoms with Gasteiger partial charge in [-0.1, -0.05) is 12.1 Å². The number of amides is 1. The molecule has 0 radical (unpaired) electrons. The van der Waals surface area contributed by atoms with Crippen LogP contribution in [0.5, 0.6) is 17.4 Å². The van der Waals surface area contributed by atoms with Gasteiger partial charge in [0.15, 0.2) is 0 Å². The number of halogens is 2. The van der Waals surface area contributed by atoms with Gasteiger partial charge < -0.3 is 14.8 Å². The van der Waals surface area contributed by atoms with Crippen molar-refractivity contribution in [3.8, 4) is 17.4 Å². The van der Waals surface area contributed by atoms with E-state index >= 15 is 0 Å².